The van der Waals surface area contributed by atoms with Crippen LogP contribution in [0.2, 0.25) is 0 Å². The van der Waals surface area contributed by atoms with Crippen molar-refractivity contribution in [3.05, 3.63) is 11.6 Å². The second-order valence-corrected chi connectivity index (χ2v) is 11.7. The molecule has 30 heavy (non-hydrogen) atoms. The quantitative estimate of drug-likeness (QED) is 0.436. The standard InChI is InChI=1S/C26H38O4/c1-16(27)29-18-9-12-24(2)17(15-18)5-6-19-20-7-8-22(25(20,3)13-10-21(19)24)26(4)14-11-23(28)30-26/h5,18-22H,6-15H2,1-4H3/t18-,19-,20-,21-,22+,24-,25-,26-/m0/s1. The summed E-state index contributed by atoms with van der Waals surface area (Å²) in [4.78, 5) is 23.4. The first kappa shape index (κ1) is 20.6. The first-order valence-electron chi connectivity index (χ1n) is 12.2. The lowest BCUT2D eigenvalue weighted by molar-refractivity contribution is -0.159. The van der Waals surface area contributed by atoms with Crippen LogP contribution in [-0.2, 0) is 19.1 Å². The summed E-state index contributed by atoms with van der Waals surface area (Å²) in [6, 6.07) is 0. The minimum atomic E-state index is -0.255. The average Bonchev–Trinajstić information content (AvgIpc) is 3.21. The van der Waals surface area contributed by atoms with Crippen LogP contribution < -0.4 is 0 Å². The van der Waals surface area contributed by atoms with E-state index in [1.165, 1.54) is 39.0 Å². The summed E-state index contributed by atoms with van der Waals surface area (Å²) >= 11 is 0. The number of esters is 2. The Morgan fingerprint density at radius 1 is 1.07 bits per heavy atom. The second kappa shape index (κ2) is 6.84. The van der Waals surface area contributed by atoms with Gasteiger partial charge >= 0.3 is 11.9 Å². The molecule has 5 aliphatic rings. The summed E-state index contributed by atoms with van der Waals surface area (Å²) in [6.07, 6.45) is 13.3. The van der Waals surface area contributed by atoms with Crippen LogP contribution >= 0.6 is 0 Å². The maximum atomic E-state index is 11.9. The second-order valence-electron chi connectivity index (χ2n) is 11.7. The van der Waals surface area contributed by atoms with Gasteiger partial charge in [0.15, 0.2) is 0 Å². The third-order valence-electron chi connectivity index (χ3n) is 10.3. The Morgan fingerprint density at radius 2 is 1.87 bits per heavy atom. The molecule has 4 heteroatoms. The Kier molecular flexibility index (Phi) is 4.69. The highest BCUT2D eigenvalue weighted by atomic mass is 16.6. The number of fused-ring (bicyclic) bond motifs is 5. The number of carbonyl (C=O) groups excluding carboxylic acids is 2. The van der Waals surface area contributed by atoms with E-state index in [1.807, 2.05) is 0 Å². The Hall–Kier alpha value is -1.32. The van der Waals surface area contributed by atoms with Gasteiger partial charge in [0.25, 0.3) is 0 Å². The van der Waals surface area contributed by atoms with Crippen molar-refractivity contribution in [3.63, 3.8) is 0 Å². The number of hydrogen-bond acceptors (Lipinski definition) is 4. The molecular formula is C26H38O4. The predicted octanol–water partition coefficient (Wildman–Crippen LogP) is 5.59. The van der Waals surface area contributed by atoms with E-state index in [4.69, 9.17) is 9.47 Å². The molecule has 0 aromatic heterocycles. The lowest BCUT2D eigenvalue weighted by Crippen LogP contribution is -2.53. The molecule has 1 aliphatic heterocycles. The smallest absolute Gasteiger partial charge is 0.306 e. The lowest BCUT2D eigenvalue weighted by Gasteiger charge is -2.59. The van der Waals surface area contributed by atoms with E-state index in [0.717, 1.165) is 43.4 Å². The Bertz CT molecular complexity index is 786. The Labute approximate surface area is 181 Å². The molecule has 4 aliphatic carbocycles. The van der Waals surface area contributed by atoms with Gasteiger partial charge in [-0.15, -0.1) is 0 Å². The Morgan fingerprint density at radius 3 is 2.57 bits per heavy atom. The summed E-state index contributed by atoms with van der Waals surface area (Å²) in [5, 5.41) is 0. The molecule has 0 unspecified atom stereocenters. The van der Waals surface area contributed by atoms with Gasteiger partial charge in [-0.05, 0) is 86.9 Å². The number of hydrogen-bond donors (Lipinski definition) is 0. The topological polar surface area (TPSA) is 52.6 Å². The van der Waals surface area contributed by atoms with Crippen LogP contribution in [-0.4, -0.2) is 23.6 Å². The molecule has 0 bridgehead atoms. The third kappa shape index (κ3) is 2.92. The molecule has 0 radical (unpaired) electrons. The first-order chi connectivity index (χ1) is 14.2. The number of ether oxygens (including phenoxy) is 2. The zero-order valence-electron chi connectivity index (χ0n) is 19.2. The first-order valence-corrected chi connectivity index (χ1v) is 12.2. The van der Waals surface area contributed by atoms with Crippen molar-refractivity contribution >= 4 is 11.9 Å². The van der Waals surface area contributed by atoms with Crippen molar-refractivity contribution in [2.75, 3.05) is 0 Å². The van der Waals surface area contributed by atoms with Gasteiger partial charge in [-0.3, -0.25) is 9.59 Å². The van der Waals surface area contributed by atoms with E-state index in [9.17, 15) is 9.59 Å². The van der Waals surface area contributed by atoms with Crippen LogP contribution in [0.1, 0.15) is 91.9 Å². The van der Waals surface area contributed by atoms with Gasteiger partial charge in [-0.2, -0.15) is 0 Å². The molecule has 166 valence electrons. The molecule has 3 saturated carbocycles. The van der Waals surface area contributed by atoms with E-state index < -0.39 is 0 Å². The molecule has 0 aromatic carbocycles. The van der Waals surface area contributed by atoms with Crippen molar-refractivity contribution in [2.45, 2.75) is 104 Å². The maximum absolute atomic E-state index is 11.9. The summed E-state index contributed by atoms with van der Waals surface area (Å²) in [7, 11) is 0. The fourth-order valence-corrected chi connectivity index (χ4v) is 8.92. The van der Waals surface area contributed by atoms with Crippen molar-refractivity contribution in [3.8, 4) is 0 Å². The molecular weight excluding hydrogens is 376 g/mol. The van der Waals surface area contributed by atoms with Crippen LogP contribution in [0, 0.1) is 34.5 Å². The Balaban J connectivity index is 1.39. The number of cyclic esters (lactones) is 1. The van der Waals surface area contributed by atoms with Crippen molar-refractivity contribution in [1.82, 2.24) is 0 Å². The van der Waals surface area contributed by atoms with Gasteiger partial charge in [-0.25, -0.2) is 0 Å². The number of allylic oxidation sites excluding steroid dienone is 1. The van der Waals surface area contributed by atoms with Crippen LogP contribution in [0.4, 0.5) is 0 Å². The van der Waals surface area contributed by atoms with Gasteiger partial charge in [0, 0.05) is 25.7 Å². The molecule has 4 fully saturated rings. The molecule has 8 atom stereocenters. The largest absolute Gasteiger partial charge is 0.462 e. The summed E-state index contributed by atoms with van der Waals surface area (Å²) in [6.45, 7) is 8.75. The van der Waals surface area contributed by atoms with Crippen LogP contribution in [0.25, 0.3) is 0 Å². The average molecular weight is 415 g/mol. The van der Waals surface area contributed by atoms with Gasteiger partial charge in [0.2, 0.25) is 0 Å². The van der Waals surface area contributed by atoms with Gasteiger partial charge < -0.3 is 9.47 Å². The minimum absolute atomic E-state index is 0.000489. The highest BCUT2D eigenvalue weighted by molar-refractivity contribution is 5.72. The summed E-state index contributed by atoms with van der Waals surface area (Å²) in [5.74, 6) is 2.57. The summed E-state index contributed by atoms with van der Waals surface area (Å²) < 4.78 is 11.5. The van der Waals surface area contributed by atoms with Crippen molar-refractivity contribution in [1.29, 1.82) is 0 Å². The molecule has 0 N–H and O–H groups in total. The van der Waals surface area contributed by atoms with E-state index in [1.54, 1.807) is 5.57 Å². The number of rotatable bonds is 2. The number of carbonyl (C=O) groups is 2. The predicted molar refractivity (Wildman–Crippen MR) is 114 cm³/mol. The molecule has 0 amide bonds. The van der Waals surface area contributed by atoms with Crippen molar-refractivity contribution < 1.29 is 19.1 Å². The monoisotopic (exact) mass is 414 g/mol. The highest BCUT2D eigenvalue weighted by Crippen LogP contribution is 2.68. The lowest BCUT2D eigenvalue weighted by atomic mass is 9.46. The fraction of sp³-hybridized carbons (Fsp3) is 0.846. The maximum Gasteiger partial charge on any atom is 0.306 e. The molecule has 0 spiro atoms. The van der Waals surface area contributed by atoms with Gasteiger partial charge in [0.05, 0.1) is 0 Å². The van der Waals surface area contributed by atoms with Crippen LogP contribution in [0.3, 0.4) is 0 Å². The van der Waals surface area contributed by atoms with Gasteiger partial charge in [0.1, 0.15) is 11.7 Å². The zero-order valence-corrected chi connectivity index (χ0v) is 19.2. The van der Waals surface area contributed by atoms with E-state index in [2.05, 4.69) is 26.8 Å². The normalized spacial score (nSPS) is 50.1. The summed E-state index contributed by atoms with van der Waals surface area (Å²) in [5.41, 5.74) is 1.85. The molecule has 5 rings (SSSR count). The third-order valence-corrected chi connectivity index (χ3v) is 10.3. The van der Waals surface area contributed by atoms with E-state index in [0.29, 0.717) is 12.3 Å². The molecule has 1 heterocycles. The van der Waals surface area contributed by atoms with Crippen LogP contribution in [0.15, 0.2) is 11.6 Å². The minimum Gasteiger partial charge on any atom is -0.462 e. The van der Waals surface area contributed by atoms with E-state index in [-0.39, 0.29) is 34.5 Å². The molecule has 4 nitrogen and oxygen atoms in total. The van der Waals surface area contributed by atoms with Crippen molar-refractivity contribution in [2.24, 2.45) is 34.5 Å². The molecule has 0 aromatic rings. The van der Waals surface area contributed by atoms with E-state index >= 15 is 0 Å². The van der Waals surface area contributed by atoms with Crippen LogP contribution in [0.5, 0.6) is 0 Å². The fourth-order valence-electron chi connectivity index (χ4n) is 8.92. The van der Waals surface area contributed by atoms with Gasteiger partial charge in [-0.1, -0.05) is 25.5 Å². The zero-order chi connectivity index (χ0) is 21.3. The SMILES string of the molecule is CC(=O)O[C@H]1CC[C@@]2(C)C(=CC[C@H]3[C@@H]4CC[C@@H]([C@]5(C)CCC(=O)O5)[C@@]4(C)CC[C@@H]32)C1. The highest BCUT2D eigenvalue weighted by Gasteiger charge is 2.63. The molecule has 1 saturated heterocycles.